The van der Waals surface area contributed by atoms with E-state index >= 15 is 0 Å². The van der Waals surface area contributed by atoms with Gasteiger partial charge in [-0.3, -0.25) is 0 Å². The molecule has 0 saturated heterocycles. The third kappa shape index (κ3) is 2.17. The Kier molecular flexibility index (Phi) is 3.11. The molecule has 0 atom stereocenters. The molecule has 22 heavy (non-hydrogen) atoms. The van der Waals surface area contributed by atoms with Crippen LogP contribution in [0.25, 0.3) is 0 Å². The Labute approximate surface area is 138 Å². The van der Waals surface area contributed by atoms with Gasteiger partial charge in [0.1, 0.15) is 22.6 Å². The molecule has 2 heterocycles. The predicted molar refractivity (Wildman–Crippen MR) is 86.4 cm³/mol. The summed E-state index contributed by atoms with van der Waals surface area (Å²) in [5, 5.41) is 18.8. The van der Waals surface area contributed by atoms with Crippen molar-refractivity contribution in [1.29, 1.82) is 5.26 Å². The van der Waals surface area contributed by atoms with E-state index in [1.807, 2.05) is 0 Å². The number of nitrogens with zero attached hydrogens (tertiary/aromatic N) is 4. The minimum absolute atomic E-state index is 0.334. The van der Waals surface area contributed by atoms with Gasteiger partial charge in [-0.05, 0) is 45.6 Å². The number of hydrogen-bond donors (Lipinski definition) is 0. The minimum atomic E-state index is -0.334. The molecule has 114 valence electrons. The Morgan fingerprint density at radius 3 is 2.59 bits per heavy atom. The maximum atomic E-state index is 9.12. The molecule has 2 aliphatic carbocycles. The van der Waals surface area contributed by atoms with Gasteiger partial charge < -0.3 is 4.57 Å². The van der Waals surface area contributed by atoms with Crippen LogP contribution in [0.5, 0.6) is 0 Å². The van der Waals surface area contributed by atoms with E-state index in [0.717, 1.165) is 16.5 Å². The van der Waals surface area contributed by atoms with Gasteiger partial charge in [0, 0.05) is 16.8 Å². The zero-order valence-electron chi connectivity index (χ0n) is 12.6. The summed E-state index contributed by atoms with van der Waals surface area (Å²) in [6.07, 6.45) is 4.87. The van der Waals surface area contributed by atoms with Gasteiger partial charge in [-0.1, -0.05) is 11.6 Å². The van der Waals surface area contributed by atoms with Gasteiger partial charge >= 0.3 is 0 Å². The first-order valence-electron chi connectivity index (χ1n) is 7.67. The largest absolute Gasteiger partial charge is 0.311 e. The van der Waals surface area contributed by atoms with E-state index in [1.165, 1.54) is 37.0 Å². The third-order valence-electron chi connectivity index (χ3n) is 4.50. The number of aromatic nitrogens is 3. The Hall–Kier alpha value is -1.38. The molecule has 2 saturated carbocycles. The molecule has 6 heteroatoms. The molecule has 4 rings (SSSR count). The fourth-order valence-electron chi connectivity index (χ4n) is 2.99. The highest BCUT2D eigenvalue weighted by atomic mass is 35.5. The van der Waals surface area contributed by atoms with E-state index < -0.39 is 0 Å². The van der Waals surface area contributed by atoms with Crippen LogP contribution in [0, 0.1) is 11.3 Å². The lowest BCUT2D eigenvalue weighted by Crippen LogP contribution is -2.24. The summed E-state index contributed by atoms with van der Waals surface area (Å²) in [6.45, 7) is 4.26. The molecule has 0 unspecified atom stereocenters. The van der Waals surface area contributed by atoms with Crippen LogP contribution in [0.3, 0.4) is 0 Å². The van der Waals surface area contributed by atoms with Gasteiger partial charge in [-0.15, -0.1) is 21.5 Å². The van der Waals surface area contributed by atoms with Crippen LogP contribution in [-0.4, -0.2) is 14.8 Å². The van der Waals surface area contributed by atoms with Gasteiger partial charge in [-0.2, -0.15) is 5.26 Å². The average Bonchev–Trinajstić information content (AvgIpc) is 3.42. The fourth-order valence-corrected chi connectivity index (χ4v) is 4.46. The van der Waals surface area contributed by atoms with Crippen LogP contribution in [0.2, 0.25) is 5.02 Å². The summed E-state index contributed by atoms with van der Waals surface area (Å²) in [6, 6.07) is 4.49. The van der Waals surface area contributed by atoms with Crippen molar-refractivity contribution < 1.29 is 0 Å². The molecule has 4 nitrogen and oxygen atoms in total. The molecule has 2 aromatic rings. The summed E-state index contributed by atoms with van der Waals surface area (Å²) < 4.78 is 2.36. The smallest absolute Gasteiger partial charge is 0.144 e. The third-order valence-corrected chi connectivity index (χ3v) is 6.27. The Morgan fingerprint density at radius 2 is 2.05 bits per heavy atom. The first kappa shape index (κ1) is 14.2. The zero-order valence-corrected chi connectivity index (χ0v) is 14.2. The normalized spacial score (nSPS) is 18.5. The molecular weight excluding hydrogens is 316 g/mol. The monoisotopic (exact) mass is 332 g/mol. The van der Waals surface area contributed by atoms with E-state index in [0.29, 0.717) is 21.9 Å². The number of thiophene rings is 1. The number of nitriles is 1. The van der Waals surface area contributed by atoms with E-state index in [2.05, 4.69) is 34.7 Å². The first-order chi connectivity index (χ1) is 10.5. The van der Waals surface area contributed by atoms with Crippen molar-refractivity contribution in [3.8, 4) is 6.07 Å². The minimum Gasteiger partial charge on any atom is -0.311 e. The SMILES string of the molecule is CC(C)(c1sc(C#N)cc1Cl)c1nnc(C2CC2)n1C1CC1. The number of rotatable bonds is 4. The number of halogens is 1. The lowest BCUT2D eigenvalue weighted by Gasteiger charge is -2.24. The lowest BCUT2D eigenvalue weighted by molar-refractivity contribution is 0.533. The van der Waals surface area contributed by atoms with Crippen molar-refractivity contribution in [2.45, 2.75) is 56.9 Å². The van der Waals surface area contributed by atoms with Crippen molar-refractivity contribution >= 4 is 22.9 Å². The van der Waals surface area contributed by atoms with Crippen molar-refractivity contribution in [1.82, 2.24) is 14.8 Å². The average molecular weight is 333 g/mol. The molecule has 0 spiro atoms. The highest BCUT2D eigenvalue weighted by Crippen LogP contribution is 2.48. The number of hydrogen-bond acceptors (Lipinski definition) is 4. The van der Waals surface area contributed by atoms with Crippen LogP contribution in [0.15, 0.2) is 6.07 Å². The highest BCUT2D eigenvalue weighted by Gasteiger charge is 2.41. The highest BCUT2D eigenvalue weighted by molar-refractivity contribution is 7.13. The standard InChI is InChI=1S/C16H17ClN4S/c1-16(2,13-12(17)7-11(8-18)22-13)15-20-19-14(9-3-4-9)21(15)10-5-6-10/h7,9-10H,3-6H2,1-2H3. The van der Waals surface area contributed by atoms with Gasteiger partial charge in [0.15, 0.2) is 0 Å². The zero-order chi connectivity index (χ0) is 15.5. The molecule has 0 aromatic carbocycles. The van der Waals surface area contributed by atoms with E-state index in [4.69, 9.17) is 16.9 Å². The Morgan fingerprint density at radius 1 is 1.32 bits per heavy atom. The van der Waals surface area contributed by atoms with Crippen molar-refractivity contribution in [2.75, 3.05) is 0 Å². The summed E-state index contributed by atoms with van der Waals surface area (Å²) in [5.74, 6) is 2.73. The second kappa shape index (κ2) is 4.81. The Bertz CT molecular complexity index is 775. The summed E-state index contributed by atoms with van der Waals surface area (Å²) in [7, 11) is 0. The molecule has 0 N–H and O–H groups in total. The maximum Gasteiger partial charge on any atom is 0.144 e. The molecule has 0 radical (unpaired) electrons. The fraction of sp³-hybridized carbons (Fsp3) is 0.562. The van der Waals surface area contributed by atoms with E-state index in [9.17, 15) is 0 Å². The van der Waals surface area contributed by atoms with Crippen molar-refractivity contribution in [3.05, 3.63) is 32.5 Å². The van der Waals surface area contributed by atoms with Gasteiger partial charge in [0.2, 0.25) is 0 Å². The molecule has 2 aliphatic rings. The lowest BCUT2D eigenvalue weighted by atomic mass is 9.90. The summed E-state index contributed by atoms with van der Waals surface area (Å²) >= 11 is 7.85. The molecule has 0 aliphatic heterocycles. The maximum absolute atomic E-state index is 9.12. The van der Waals surface area contributed by atoms with E-state index in [-0.39, 0.29) is 5.41 Å². The van der Waals surface area contributed by atoms with Gasteiger partial charge in [-0.25, -0.2) is 0 Å². The topological polar surface area (TPSA) is 54.5 Å². The Balaban J connectivity index is 1.82. The van der Waals surface area contributed by atoms with Gasteiger partial charge in [0.25, 0.3) is 0 Å². The molecular formula is C16H17ClN4S. The van der Waals surface area contributed by atoms with Crippen LogP contribution in [-0.2, 0) is 5.41 Å². The summed E-state index contributed by atoms with van der Waals surface area (Å²) in [4.78, 5) is 1.65. The summed E-state index contributed by atoms with van der Waals surface area (Å²) in [5.41, 5.74) is -0.334. The van der Waals surface area contributed by atoms with E-state index in [1.54, 1.807) is 6.07 Å². The first-order valence-corrected chi connectivity index (χ1v) is 8.87. The van der Waals surface area contributed by atoms with Crippen LogP contribution in [0.4, 0.5) is 0 Å². The van der Waals surface area contributed by atoms with Crippen LogP contribution < -0.4 is 0 Å². The second-order valence-corrected chi connectivity index (χ2v) is 8.24. The van der Waals surface area contributed by atoms with Crippen LogP contribution >= 0.6 is 22.9 Å². The van der Waals surface area contributed by atoms with Crippen LogP contribution in [0.1, 0.15) is 72.9 Å². The molecule has 2 aromatic heterocycles. The van der Waals surface area contributed by atoms with Crippen molar-refractivity contribution in [2.24, 2.45) is 0 Å². The van der Waals surface area contributed by atoms with Crippen molar-refractivity contribution in [3.63, 3.8) is 0 Å². The predicted octanol–water partition coefficient (Wildman–Crippen LogP) is 4.40. The second-order valence-electron chi connectivity index (χ2n) is 6.78. The molecule has 2 fully saturated rings. The molecule has 0 bridgehead atoms. The quantitative estimate of drug-likeness (QED) is 0.833. The molecule has 0 amide bonds. The van der Waals surface area contributed by atoms with Gasteiger partial charge in [0.05, 0.1) is 10.4 Å².